The van der Waals surface area contributed by atoms with Crippen molar-refractivity contribution < 1.29 is 5.11 Å². The van der Waals surface area contributed by atoms with E-state index in [0.29, 0.717) is 4.32 Å². The highest BCUT2D eigenvalue weighted by atomic mass is 32.2. The maximum atomic E-state index is 9.98. The second kappa shape index (κ2) is 2.86. The first-order valence-electron chi connectivity index (χ1n) is 3.99. The van der Waals surface area contributed by atoms with Crippen LogP contribution in [0.5, 0.6) is 0 Å². The van der Waals surface area contributed by atoms with Crippen molar-refractivity contribution in [2.75, 3.05) is 0 Å². The molecule has 2 unspecified atom stereocenters. The Morgan fingerprint density at radius 3 is 2.42 bits per heavy atom. The van der Waals surface area contributed by atoms with E-state index in [4.69, 9.17) is 12.2 Å². The van der Waals surface area contributed by atoms with Gasteiger partial charge in [-0.15, -0.1) is 0 Å². The van der Waals surface area contributed by atoms with Crippen LogP contribution in [-0.2, 0) is 0 Å². The Bertz CT molecular complexity index is 193. The molecule has 70 valence electrons. The lowest BCUT2D eigenvalue weighted by Gasteiger charge is -2.46. The monoisotopic (exact) mass is 205 g/mol. The molecule has 0 amide bonds. The zero-order valence-electron chi connectivity index (χ0n) is 7.84. The van der Waals surface area contributed by atoms with E-state index in [0.717, 1.165) is 0 Å². The Hall–Kier alpha value is 0.200. The normalized spacial score (nSPS) is 40.8. The van der Waals surface area contributed by atoms with Gasteiger partial charge in [-0.05, 0) is 20.8 Å². The minimum atomic E-state index is -0.744. The van der Waals surface area contributed by atoms with Gasteiger partial charge >= 0.3 is 0 Å². The summed E-state index contributed by atoms with van der Waals surface area (Å²) in [5.41, 5.74) is -0.119. The van der Waals surface area contributed by atoms with E-state index in [2.05, 4.69) is 19.2 Å². The molecule has 1 rings (SSSR count). The quantitative estimate of drug-likeness (QED) is 0.590. The van der Waals surface area contributed by atoms with Crippen LogP contribution in [0.4, 0.5) is 0 Å². The van der Waals surface area contributed by atoms with Crippen LogP contribution in [0.25, 0.3) is 0 Å². The van der Waals surface area contributed by atoms with E-state index in [9.17, 15) is 5.11 Å². The molecule has 0 spiro atoms. The van der Waals surface area contributed by atoms with Gasteiger partial charge in [0, 0.05) is 11.5 Å². The molecule has 2 atom stereocenters. The maximum Gasteiger partial charge on any atom is 0.136 e. The van der Waals surface area contributed by atoms with Crippen LogP contribution < -0.4 is 5.32 Å². The summed E-state index contributed by atoms with van der Waals surface area (Å²) in [6, 6.07) is 0. The highest BCUT2D eigenvalue weighted by Crippen LogP contribution is 2.41. The Morgan fingerprint density at radius 1 is 1.50 bits per heavy atom. The van der Waals surface area contributed by atoms with Gasteiger partial charge in [0.05, 0.1) is 0 Å². The fourth-order valence-electron chi connectivity index (χ4n) is 1.34. The Morgan fingerprint density at radius 2 is 2.00 bits per heavy atom. The summed E-state index contributed by atoms with van der Waals surface area (Å²) < 4.78 is 0.683. The minimum absolute atomic E-state index is 0.119. The largest absolute Gasteiger partial charge is 0.379 e. The van der Waals surface area contributed by atoms with Crippen molar-refractivity contribution in [3.05, 3.63) is 0 Å². The topological polar surface area (TPSA) is 32.3 Å². The van der Waals surface area contributed by atoms with Crippen molar-refractivity contribution in [3.8, 4) is 0 Å². The second-order valence-corrected chi connectivity index (χ2v) is 6.12. The van der Waals surface area contributed by atoms with E-state index in [1.807, 2.05) is 13.8 Å². The van der Waals surface area contributed by atoms with Crippen LogP contribution in [0.3, 0.4) is 0 Å². The average Bonchev–Trinajstić information content (AvgIpc) is 1.80. The number of aliphatic hydroxyl groups is 1. The summed E-state index contributed by atoms with van der Waals surface area (Å²) >= 11 is 6.38. The first-order chi connectivity index (χ1) is 5.26. The van der Waals surface area contributed by atoms with Crippen LogP contribution >= 0.6 is 24.0 Å². The van der Waals surface area contributed by atoms with Crippen LogP contribution in [0.2, 0.25) is 0 Å². The molecule has 1 aliphatic heterocycles. The van der Waals surface area contributed by atoms with Gasteiger partial charge in [0.2, 0.25) is 0 Å². The molecule has 4 heteroatoms. The van der Waals surface area contributed by atoms with Crippen molar-refractivity contribution in [1.82, 2.24) is 5.32 Å². The first-order valence-corrected chi connectivity index (χ1v) is 5.22. The molecule has 1 fully saturated rings. The molecule has 1 heterocycles. The molecule has 2 N–H and O–H groups in total. The highest BCUT2D eigenvalue weighted by Gasteiger charge is 2.45. The number of hydrogen-bond donors (Lipinski definition) is 2. The molecule has 0 saturated carbocycles. The van der Waals surface area contributed by atoms with Gasteiger partial charge in [-0.3, -0.25) is 0 Å². The Kier molecular flexibility index (Phi) is 2.45. The van der Waals surface area contributed by atoms with Gasteiger partial charge in [-0.1, -0.05) is 30.9 Å². The van der Waals surface area contributed by atoms with Gasteiger partial charge in [0.15, 0.2) is 0 Å². The lowest BCUT2D eigenvalue weighted by atomic mass is 9.85. The fourth-order valence-corrected chi connectivity index (χ4v) is 3.27. The van der Waals surface area contributed by atoms with E-state index >= 15 is 0 Å². The molecular weight excluding hydrogens is 190 g/mol. The van der Waals surface area contributed by atoms with Gasteiger partial charge in [-0.2, -0.15) is 0 Å². The van der Waals surface area contributed by atoms with Crippen molar-refractivity contribution in [2.45, 2.75) is 38.2 Å². The number of thiocarbonyl (C=S) groups is 1. The zero-order chi connectivity index (χ0) is 9.57. The van der Waals surface area contributed by atoms with E-state index in [-0.39, 0.29) is 11.5 Å². The molecule has 0 radical (unpaired) electrons. The predicted octanol–water partition coefficient (Wildman–Crippen LogP) is 1.73. The minimum Gasteiger partial charge on any atom is -0.379 e. The molecule has 0 aliphatic carbocycles. The van der Waals surface area contributed by atoms with Crippen molar-refractivity contribution >= 4 is 28.3 Å². The van der Waals surface area contributed by atoms with Crippen LogP contribution in [-0.4, -0.2) is 19.9 Å². The second-order valence-electron chi connectivity index (χ2n) is 4.01. The molecule has 12 heavy (non-hydrogen) atoms. The lowest BCUT2D eigenvalue weighted by molar-refractivity contribution is 0.0546. The van der Waals surface area contributed by atoms with Crippen LogP contribution in [0.1, 0.15) is 27.7 Å². The first kappa shape index (κ1) is 10.3. The maximum absolute atomic E-state index is 9.98. The Labute approximate surface area is 83.1 Å². The summed E-state index contributed by atoms with van der Waals surface area (Å²) in [7, 11) is 0. The molecule has 0 aromatic carbocycles. The predicted molar refractivity (Wildman–Crippen MR) is 57.2 cm³/mol. The Balaban J connectivity index is 2.91. The number of thioether (sulfide) groups is 1. The van der Waals surface area contributed by atoms with E-state index < -0.39 is 4.93 Å². The number of rotatable bonds is 0. The third-order valence-corrected chi connectivity index (χ3v) is 4.02. The van der Waals surface area contributed by atoms with Crippen LogP contribution in [0, 0.1) is 5.92 Å². The van der Waals surface area contributed by atoms with Gasteiger partial charge < -0.3 is 10.4 Å². The van der Waals surface area contributed by atoms with Gasteiger partial charge in [0.1, 0.15) is 9.25 Å². The smallest absolute Gasteiger partial charge is 0.136 e. The SMILES string of the molecule is CC1C(C)(C)NC(=S)SC1(C)O. The summed E-state index contributed by atoms with van der Waals surface area (Å²) in [5.74, 6) is 0.168. The fraction of sp³-hybridized carbons (Fsp3) is 0.875. The summed E-state index contributed by atoms with van der Waals surface area (Å²) in [6.45, 7) is 7.95. The zero-order valence-corrected chi connectivity index (χ0v) is 9.47. The van der Waals surface area contributed by atoms with E-state index in [1.165, 1.54) is 11.8 Å². The highest BCUT2D eigenvalue weighted by molar-refractivity contribution is 8.23. The summed E-state index contributed by atoms with van der Waals surface area (Å²) in [5, 5.41) is 13.2. The third-order valence-electron chi connectivity index (χ3n) is 2.61. The summed E-state index contributed by atoms with van der Waals surface area (Å²) in [4.78, 5) is -0.744. The standard InChI is InChI=1S/C8H15NOS2/c1-5-7(2,3)9-6(11)12-8(5,4)10/h5,10H,1-4H3,(H,9,11). The molecule has 0 bridgehead atoms. The summed E-state index contributed by atoms with van der Waals surface area (Å²) in [6.07, 6.45) is 0. The average molecular weight is 205 g/mol. The van der Waals surface area contributed by atoms with Crippen LogP contribution in [0.15, 0.2) is 0 Å². The van der Waals surface area contributed by atoms with Crippen molar-refractivity contribution in [2.24, 2.45) is 5.92 Å². The van der Waals surface area contributed by atoms with Gasteiger partial charge in [0.25, 0.3) is 0 Å². The molecule has 1 aliphatic rings. The molecule has 0 aromatic heterocycles. The number of nitrogens with one attached hydrogen (secondary N) is 1. The van der Waals surface area contributed by atoms with E-state index in [1.54, 1.807) is 0 Å². The molecule has 1 saturated heterocycles. The van der Waals surface area contributed by atoms with Crippen molar-refractivity contribution in [1.29, 1.82) is 0 Å². The lowest BCUT2D eigenvalue weighted by Crippen LogP contribution is -2.58. The molecule has 0 aromatic rings. The molecule has 2 nitrogen and oxygen atoms in total. The number of hydrogen-bond acceptors (Lipinski definition) is 3. The third kappa shape index (κ3) is 1.75. The van der Waals surface area contributed by atoms with Gasteiger partial charge in [-0.25, -0.2) is 0 Å². The van der Waals surface area contributed by atoms with Crippen molar-refractivity contribution in [3.63, 3.8) is 0 Å². The molecular formula is C8H15NOS2.